The van der Waals surface area contributed by atoms with Crippen LogP contribution in [0.3, 0.4) is 0 Å². The van der Waals surface area contributed by atoms with E-state index in [1.54, 1.807) is 12.1 Å². The molecule has 0 spiro atoms. The highest BCUT2D eigenvalue weighted by Crippen LogP contribution is 2.29. The lowest BCUT2D eigenvalue weighted by Crippen LogP contribution is -2.04. The molecular formula is C13H15N3O2S. The maximum atomic E-state index is 11.1. The number of nitro groups is 1. The van der Waals surface area contributed by atoms with Crippen LogP contribution in [0.5, 0.6) is 0 Å². The molecule has 0 aliphatic rings. The molecule has 1 aromatic carbocycles. The SMILES string of the molecule is Cc1cc(NCc2sccc2N)c([N+](=O)[O-])cc1C. The number of hydrogen-bond acceptors (Lipinski definition) is 5. The molecule has 0 bridgehead atoms. The van der Waals surface area contributed by atoms with Gasteiger partial charge in [0.2, 0.25) is 0 Å². The number of hydrogen-bond donors (Lipinski definition) is 2. The van der Waals surface area contributed by atoms with Gasteiger partial charge in [0, 0.05) is 16.6 Å². The van der Waals surface area contributed by atoms with E-state index in [9.17, 15) is 10.1 Å². The Morgan fingerprint density at radius 2 is 2.05 bits per heavy atom. The fraction of sp³-hybridized carbons (Fsp3) is 0.231. The third-order valence-electron chi connectivity index (χ3n) is 3.03. The van der Waals surface area contributed by atoms with Crippen molar-refractivity contribution in [1.29, 1.82) is 0 Å². The molecule has 6 heteroatoms. The highest BCUT2D eigenvalue weighted by Gasteiger charge is 2.15. The fourth-order valence-electron chi connectivity index (χ4n) is 1.76. The Morgan fingerprint density at radius 1 is 1.37 bits per heavy atom. The summed E-state index contributed by atoms with van der Waals surface area (Å²) in [5, 5.41) is 16.1. The molecule has 19 heavy (non-hydrogen) atoms. The summed E-state index contributed by atoms with van der Waals surface area (Å²) >= 11 is 1.53. The highest BCUT2D eigenvalue weighted by atomic mass is 32.1. The molecule has 0 atom stereocenters. The van der Waals surface area contributed by atoms with E-state index in [0.717, 1.165) is 16.0 Å². The zero-order chi connectivity index (χ0) is 14.0. The minimum atomic E-state index is -0.368. The smallest absolute Gasteiger partial charge is 0.292 e. The van der Waals surface area contributed by atoms with Crippen molar-refractivity contribution >= 4 is 28.4 Å². The van der Waals surface area contributed by atoms with E-state index in [1.165, 1.54) is 11.3 Å². The van der Waals surface area contributed by atoms with E-state index in [-0.39, 0.29) is 10.6 Å². The van der Waals surface area contributed by atoms with Crippen LogP contribution in [-0.4, -0.2) is 4.92 Å². The molecule has 5 nitrogen and oxygen atoms in total. The van der Waals surface area contributed by atoms with Crippen molar-refractivity contribution in [2.75, 3.05) is 11.1 Å². The second-order valence-corrected chi connectivity index (χ2v) is 5.36. The van der Waals surface area contributed by atoms with Crippen LogP contribution in [0, 0.1) is 24.0 Å². The van der Waals surface area contributed by atoms with Gasteiger partial charge in [-0.05, 0) is 42.5 Å². The lowest BCUT2D eigenvalue weighted by Gasteiger charge is -2.09. The first-order valence-electron chi connectivity index (χ1n) is 5.80. The molecule has 0 aliphatic heterocycles. The van der Waals surface area contributed by atoms with Gasteiger partial charge in [-0.3, -0.25) is 10.1 Å². The first kappa shape index (κ1) is 13.4. The quantitative estimate of drug-likeness (QED) is 0.662. The summed E-state index contributed by atoms with van der Waals surface area (Å²) in [5.41, 5.74) is 9.06. The van der Waals surface area contributed by atoms with Gasteiger partial charge in [0.15, 0.2) is 0 Å². The van der Waals surface area contributed by atoms with Crippen LogP contribution >= 0.6 is 11.3 Å². The van der Waals surface area contributed by atoms with Crippen LogP contribution in [-0.2, 0) is 6.54 Å². The van der Waals surface area contributed by atoms with Crippen LogP contribution in [0.25, 0.3) is 0 Å². The summed E-state index contributed by atoms with van der Waals surface area (Å²) in [7, 11) is 0. The van der Waals surface area contributed by atoms with E-state index < -0.39 is 0 Å². The molecule has 0 amide bonds. The van der Waals surface area contributed by atoms with E-state index >= 15 is 0 Å². The third kappa shape index (κ3) is 2.85. The molecule has 2 aromatic rings. The van der Waals surface area contributed by atoms with Gasteiger partial charge in [-0.1, -0.05) is 0 Å². The lowest BCUT2D eigenvalue weighted by molar-refractivity contribution is -0.384. The minimum absolute atomic E-state index is 0.0956. The van der Waals surface area contributed by atoms with Crippen molar-refractivity contribution in [3.8, 4) is 0 Å². The van der Waals surface area contributed by atoms with Crippen molar-refractivity contribution in [2.45, 2.75) is 20.4 Å². The topological polar surface area (TPSA) is 81.2 Å². The Bertz CT molecular complexity index is 622. The summed E-state index contributed by atoms with van der Waals surface area (Å²) in [6.07, 6.45) is 0. The van der Waals surface area contributed by atoms with Gasteiger partial charge in [-0.15, -0.1) is 11.3 Å². The second-order valence-electron chi connectivity index (χ2n) is 4.36. The van der Waals surface area contributed by atoms with Gasteiger partial charge in [0.05, 0.1) is 11.5 Å². The van der Waals surface area contributed by atoms with Crippen molar-refractivity contribution in [3.05, 3.63) is 49.7 Å². The average molecular weight is 277 g/mol. The number of aryl methyl sites for hydroxylation is 2. The van der Waals surface area contributed by atoms with Crippen molar-refractivity contribution in [3.63, 3.8) is 0 Å². The third-order valence-corrected chi connectivity index (χ3v) is 3.96. The molecule has 0 saturated carbocycles. The molecule has 2 rings (SSSR count). The number of rotatable bonds is 4. The molecule has 0 fully saturated rings. The zero-order valence-corrected chi connectivity index (χ0v) is 11.6. The van der Waals surface area contributed by atoms with Gasteiger partial charge >= 0.3 is 0 Å². The number of nitro benzene ring substituents is 1. The Labute approximate surface area is 115 Å². The molecule has 0 unspecified atom stereocenters. The normalized spacial score (nSPS) is 10.4. The Hall–Kier alpha value is -2.08. The average Bonchev–Trinajstić information content (AvgIpc) is 2.75. The summed E-state index contributed by atoms with van der Waals surface area (Å²) in [6, 6.07) is 5.23. The number of nitrogens with two attached hydrogens (primary N) is 1. The molecule has 0 radical (unpaired) electrons. The highest BCUT2D eigenvalue weighted by molar-refractivity contribution is 7.10. The van der Waals surface area contributed by atoms with Crippen LogP contribution < -0.4 is 11.1 Å². The van der Waals surface area contributed by atoms with Crippen molar-refractivity contribution in [2.24, 2.45) is 0 Å². The molecule has 0 saturated heterocycles. The van der Waals surface area contributed by atoms with Crippen LogP contribution in [0.15, 0.2) is 23.6 Å². The number of nitrogens with one attached hydrogen (secondary N) is 1. The lowest BCUT2D eigenvalue weighted by atomic mass is 10.1. The van der Waals surface area contributed by atoms with Gasteiger partial charge < -0.3 is 11.1 Å². The van der Waals surface area contributed by atoms with E-state index in [4.69, 9.17) is 5.73 Å². The Morgan fingerprint density at radius 3 is 2.63 bits per heavy atom. The first-order valence-corrected chi connectivity index (χ1v) is 6.68. The molecule has 0 aliphatic carbocycles. The number of nitrogen functional groups attached to an aromatic ring is 1. The minimum Gasteiger partial charge on any atom is -0.398 e. The Kier molecular flexibility index (Phi) is 3.71. The molecule has 1 aromatic heterocycles. The maximum Gasteiger partial charge on any atom is 0.292 e. The standard InChI is InChI=1S/C13H15N3O2S/c1-8-5-11(12(16(17)18)6-9(8)2)15-7-13-10(14)3-4-19-13/h3-6,15H,7,14H2,1-2H3. The zero-order valence-electron chi connectivity index (χ0n) is 10.8. The monoisotopic (exact) mass is 277 g/mol. The van der Waals surface area contributed by atoms with Crippen LogP contribution in [0.1, 0.15) is 16.0 Å². The van der Waals surface area contributed by atoms with Gasteiger partial charge in [0.1, 0.15) is 5.69 Å². The van der Waals surface area contributed by atoms with Crippen molar-refractivity contribution < 1.29 is 4.92 Å². The molecule has 3 N–H and O–H groups in total. The fourth-order valence-corrected chi connectivity index (χ4v) is 2.50. The summed E-state index contributed by atoms with van der Waals surface area (Å²) < 4.78 is 0. The van der Waals surface area contributed by atoms with Gasteiger partial charge in [-0.25, -0.2) is 0 Å². The van der Waals surface area contributed by atoms with Gasteiger partial charge in [0.25, 0.3) is 5.69 Å². The van der Waals surface area contributed by atoms with Gasteiger partial charge in [-0.2, -0.15) is 0 Å². The molecular weight excluding hydrogens is 262 g/mol. The first-order chi connectivity index (χ1) is 8.99. The second kappa shape index (κ2) is 5.27. The van der Waals surface area contributed by atoms with Crippen LogP contribution in [0.4, 0.5) is 17.1 Å². The summed E-state index contributed by atoms with van der Waals surface area (Å²) in [4.78, 5) is 11.7. The number of thiophene rings is 1. The van der Waals surface area contributed by atoms with E-state index in [1.807, 2.05) is 25.3 Å². The van der Waals surface area contributed by atoms with E-state index in [2.05, 4.69) is 5.32 Å². The summed E-state index contributed by atoms with van der Waals surface area (Å²) in [5.74, 6) is 0. The maximum absolute atomic E-state index is 11.1. The Balaban J connectivity index is 2.26. The largest absolute Gasteiger partial charge is 0.398 e. The summed E-state index contributed by atoms with van der Waals surface area (Å²) in [6.45, 7) is 4.29. The number of anilines is 2. The molecule has 1 heterocycles. The van der Waals surface area contributed by atoms with E-state index in [0.29, 0.717) is 17.9 Å². The predicted molar refractivity (Wildman–Crippen MR) is 78.6 cm³/mol. The van der Waals surface area contributed by atoms with Crippen LogP contribution in [0.2, 0.25) is 0 Å². The van der Waals surface area contributed by atoms with Crippen molar-refractivity contribution in [1.82, 2.24) is 0 Å². The number of nitrogens with zero attached hydrogens (tertiary/aromatic N) is 1. The molecule has 100 valence electrons. The number of benzene rings is 1. The predicted octanol–water partition coefficient (Wildman–Crippen LogP) is 3.47.